The van der Waals surface area contributed by atoms with Crippen LogP contribution in [0.5, 0.6) is 0 Å². The summed E-state index contributed by atoms with van der Waals surface area (Å²) in [6.45, 7) is 4.89. The minimum atomic E-state index is -0.127. The molecule has 1 aromatic heterocycles. The van der Waals surface area contributed by atoms with Crippen LogP contribution in [0.25, 0.3) is 5.57 Å². The molecule has 24 heavy (non-hydrogen) atoms. The molecule has 1 aliphatic carbocycles. The number of fused-ring (bicyclic) bond motifs is 1. The fourth-order valence-electron chi connectivity index (χ4n) is 3.92. The van der Waals surface area contributed by atoms with E-state index < -0.39 is 0 Å². The third-order valence-corrected chi connectivity index (χ3v) is 5.22. The van der Waals surface area contributed by atoms with Crippen LogP contribution in [0.3, 0.4) is 0 Å². The summed E-state index contributed by atoms with van der Waals surface area (Å²) >= 11 is 0. The van der Waals surface area contributed by atoms with Gasteiger partial charge in [-0.3, -0.25) is 14.9 Å². The molecule has 0 bridgehead atoms. The first-order valence-corrected chi connectivity index (χ1v) is 8.69. The van der Waals surface area contributed by atoms with Crippen LogP contribution in [-0.4, -0.2) is 45.7 Å². The maximum atomic E-state index is 9.47. The van der Waals surface area contributed by atoms with Gasteiger partial charge in [-0.05, 0) is 29.5 Å². The van der Waals surface area contributed by atoms with Gasteiger partial charge < -0.3 is 5.11 Å². The SMILES string of the molecule is CC(C1=C(CCN2CC(O)C2)Cc2ccccc21)c1cnccn1. The number of likely N-dealkylation sites (tertiary alicyclic amines) is 1. The number of hydrogen-bond acceptors (Lipinski definition) is 4. The Balaban J connectivity index is 1.62. The van der Waals surface area contributed by atoms with Crippen LogP contribution in [0, 0.1) is 0 Å². The first kappa shape index (κ1) is 15.5. The number of aliphatic hydroxyl groups excluding tert-OH is 1. The Kier molecular flexibility index (Phi) is 4.17. The predicted molar refractivity (Wildman–Crippen MR) is 94.6 cm³/mol. The fourth-order valence-corrected chi connectivity index (χ4v) is 3.92. The van der Waals surface area contributed by atoms with Gasteiger partial charge in [0, 0.05) is 44.1 Å². The van der Waals surface area contributed by atoms with E-state index in [2.05, 4.69) is 46.1 Å². The lowest BCUT2D eigenvalue weighted by Gasteiger charge is -2.36. The molecule has 1 atom stereocenters. The van der Waals surface area contributed by atoms with Crippen molar-refractivity contribution >= 4 is 5.57 Å². The largest absolute Gasteiger partial charge is 0.390 e. The van der Waals surface area contributed by atoms with Crippen LogP contribution < -0.4 is 0 Å². The zero-order valence-corrected chi connectivity index (χ0v) is 14.0. The topological polar surface area (TPSA) is 49.2 Å². The van der Waals surface area contributed by atoms with Crippen molar-refractivity contribution in [1.29, 1.82) is 0 Å². The Bertz CT molecular complexity index is 750. The highest BCUT2D eigenvalue weighted by atomic mass is 16.3. The van der Waals surface area contributed by atoms with E-state index in [1.165, 1.54) is 22.3 Å². The molecular weight excluding hydrogens is 298 g/mol. The Hall–Kier alpha value is -2.04. The lowest BCUT2D eigenvalue weighted by molar-refractivity contribution is 0.00307. The van der Waals surface area contributed by atoms with Gasteiger partial charge in [0.15, 0.2) is 0 Å². The Morgan fingerprint density at radius 1 is 1.25 bits per heavy atom. The standard InChI is InChI=1S/C20H23N3O/c1-14(19-11-21-7-8-22-19)20-16(6-9-23-12-17(24)13-23)10-15-4-2-3-5-18(15)20/h2-5,7-8,11,14,17,24H,6,9-10,12-13H2,1H3. The van der Waals surface area contributed by atoms with Gasteiger partial charge in [-0.2, -0.15) is 0 Å². The van der Waals surface area contributed by atoms with Crippen molar-refractivity contribution in [3.05, 3.63) is 65.2 Å². The van der Waals surface area contributed by atoms with Crippen molar-refractivity contribution in [3.63, 3.8) is 0 Å². The minimum Gasteiger partial charge on any atom is -0.390 e. The summed E-state index contributed by atoms with van der Waals surface area (Å²) in [5, 5.41) is 9.47. The van der Waals surface area contributed by atoms with Gasteiger partial charge in [-0.1, -0.05) is 36.8 Å². The van der Waals surface area contributed by atoms with Crippen LogP contribution in [0.15, 0.2) is 48.4 Å². The average molecular weight is 321 g/mol. The molecule has 124 valence electrons. The molecule has 4 rings (SSSR count). The van der Waals surface area contributed by atoms with E-state index in [9.17, 15) is 5.11 Å². The van der Waals surface area contributed by atoms with Crippen molar-refractivity contribution in [1.82, 2.24) is 14.9 Å². The summed E-state index contributed by atoms with van der Waals surface area (Å²) in [5.41, 5.74) is 6.75. The van der Waals surface area contributed by atoms with Gasteiger partial charge >= 0.3 is 0 Å². The second-order valence-electron chi connectivity index (χ2n) is 6.87. The maximum absolute atomic E-state index is 9.47. The molecule has 2 heterocycles. The third-order valence-electron chi connectivity index (χ3n) is 5.22. The molecule has 2 aliphatic rings. The molecule has 1 N–H and O–H groups in total. The van der Waals surface area contributed by atoms with E-state index in [0.717, 1.165) is 38.2 Å². The van der Waals surface area contributed by atoms with Crippen LogP contribution in [0.1, 0.15) is 36.1 Å². The summed E-state index contributed by atoms with van der Waals surface area (Å²) < 4.78 is 0. The van der Waals surface area contributed by atoms with Crippen LogP contribution >= 0.6 is 0 Å². The van der Waals surface area contributed by atoms with Gasteiger partial charge in [0.1, 0.15) is 0 Å². The van der Waals surface area contributed by atoms with Gasteiger partial charge in [0.25, 0.3) is 0 Å². The molecule has 1 aliphatic heterocycles. The van der Waals surface area contributed by atoms with Crippen LogP contribution in [-0.2, 0) is 6.42 Å². The first-order valence-electron chi connectivity index (χ1n) is 8.69. The lowest BCUT2D eigenvalue weighted by atomic mass is 9.90. The molecule has 0 radical (unpaired) electrons. The number of aromatic nitrogens is 2. The lowest BCUT2D eigenvalue weighted by Crippen LogP contribution is -2.50. The first-order chi connectivity index (χ1) is 11.7. The number of β-amino-alcohol motifs (C(OH)–C–C–N with tert-alkyl or cyclic N) is 1. The zero-order valence-electron chi connectivity index (χ0n) is 14.0. The van der Waals surface area contributed by atoms with Crippen molar-refractivity contribution in [2.24, 2.45) is 0 Å². The van der Waals surface area contributed by atoms with E-state index in [-0.39, 0.29) is 12.0 Å². The normalized spacial score (nSPS) is 19.2. The van der Waals surface area contributed by atoms with Gasteiger partial charge in [-0.15, -0.1) is 0 Å². The number of allylic oxidation sites excluding steroid dienone is 1. The number of aliphatic hydroxyl groups is 1. The van der Waals surface area contributed by atoms with Crippen LogP contribution in [0.4, 0.5) is 0 Å². The highest BCUT2D eigenvalue weighted by Crippen LogP contribution is 2.42. The Morgan fingerprint density at radius 2 is 2.08 bits per heavy atom. The monoisotopic (exact) mass is 321 g/mol. The maximum Gasteiger partial charge on any atom is 0.0793 e. The predicted octanol–water partition coefficient (Wildman–Crippen LogP) is 2.66. The highest BCUT2D eigenvalue weighted by molar-refractivity contribution is 5.80. The molecule has 1 aromatic carbocycles. The fraction of sp³-hybridized carbons (Fsp3) is 0.400. The number of hydrogen-bond donors (Lipinski definition) is 1. The third kappa shape index (κ3) is 2.87. The molecule has 0 amide bonds. The molecule has 4 heteroatoms. The molecule has 0 saturated carbocycles. The summed E-state index contributed by atoms with van der Waals surface area (Å²) in [6, 6.07) is 8.71. The molecule has 1 saturated heterocycles. The van der Waals surface area contributed by atoms with Crippen molar-refractivity contribution in [2.75, 3.05) is 19.6 Å². The molecule has 1 unspecified atom stereocenters. The van der Waals surface area contributed by atoms with Crippen molar-refractivity contribution in [3.8, 4) is 0 Å². The van der Waals surface area contributed by atoms with Gasteiger partial charge in [-0.25, -0.2) is 0 Å². The minimum absolute atomic E-state index is 0.127. The molecule has 2 aromatic rings. The average Bonchev–Trinajstić information content (AvgIpc) is 2.96. The Labute approximate surface area is 142 Å². The van der Waals surface area contributed by atoms with Crippen LogP contribution in [0.2, 0.25) is 0 Å². The molecular formula is C20H23N3O. The van der Waals surface area contributed by atoms with Gasteiger partial charge in [0.2, 0.25) is 0 Å². The summed E-state index contributed by atoms with van der Waals surface area (Å²) in [5.74, 6) is 0.249. The van der Waals surface area contributed by atoms with E-state index in [1.807, 2.05) is 6.20 Å². The summed E-state index contributed by atoms with van der Waals surface area (Å²) in [4.78, 5) is 11.1. The number of rotatable bonds is 5. The molecule has 1 fully saturated rings. The smallest absolute Gasteiger partial charge is 0.0793 e. The second-order valence-corrected chi connectivity index (χ2v) is 6.87. The van der Waals surface area contributed by atoms with E-state index in [1.54, 1.807) is 12.4 Å². The van der Waals surface area contributed by atoms with Crippen molar-refractivity contribution in [2.45, 2.75) is 31.8 Å². The van der Waals surface area contributed by atoms with E-state index >= 15 is 0 Å². The summed E-state index contributed by atoms with van der Waals surface area (Å²) in [6.07, 6.45) is 7.34. The molecule has 4 nitrogen and oxygen atoms in total. The summed E-state index contributed by atoms with van der Waals surface area (Å²) in [7, 11) is 0. The highest BCUT2D eigenvalue weighted by Gasteiger charge is 2.28. The quantitative estimate of drug-likeness (QED) is 0.920. The Morgan fingerprint density at radius 3 is 2.83 bits per heavy atom. The van der Waals surface area contributed by atoms with Crippen molar-refractivity contribution < 1.29 is 5.11 Å². The number of nitrogens with zero attached hydrogens (tertiary/aromatic N) is 3. The zero-order chi connectivity index (χ0) is 16.5. The van der Waals surface area contributed by atoms with E-state index in [4.69, 9.17) is 0 Å². The van der Waals surface area contributed by atoms with E-state index in [0.29, 0.717) is 0 Å². The molecule has 0 spiro atoms. The van der Waals surface area contributed by atoms with Gasteiger partial charge in [0.05, 0.1) is 11.8 Å². The number of benzene rings is 1. The second kappa shape index (κ2) is 6.46.